The second-order valence-electron chi connectivity index (χ2n) is 7.67. The summed E-state index contributed by atoms with van der Waals surface area (Å²) >= 11 is 0. The van der Waals surface area contributed by atoms with Crippen LogP contribution in [0, 0.1) is 0 Å². The zero-order valence-electron chi connectivity index (χ0n) is 15.8. The lowest BCUT2D eigenvalue weighted by Crippen LogP contribution is -2.33. The van der Waals surface area contributed by atoms with E-state index in [9.17, 15) is 23.1 Å². The fourth-order valence-corrected chi connectivity index (χ4v) is 3.11. The molecule has 1 aromatic heterocycles. The molecule has 1 N–H and O–H groups in total. The summed E-state index contributed by atoms with van der Waals surface area (Å²) in [4.78, 5) is 17.3. The van der Waals surface area contributed by atoms with E-state index in [1.165, 1.54) is 10.6 Å². The van der Waals surface area contributed by atoms with Crippen molar-refractivity contribution in [1.82, 2.24) is 9.55 Å². The van der Waals surface area contributed by atoms with Crippen molar-refractivity contribution in [3.8, 4) is 11.1 Å². The monoisotopic (exact) mass is 390 g/mol. The molecule has 7 heteroatoms. The Morgan fingerprint density at radius 3 is 2.32 bits per heavy atom. The number of alkyl halides is 3. The number of benzene rings is 2. The predicted octanol–water partition coefficient (Wildman–Crippen LogP) is 4.37. The third kappa shape index (κ3) is 3.80. The van der Waals surface area contributed by atoms with Crippen LogP contribution < -0.4 is 5.56 Å². The molecule has 0 fully saturated rings. The van der Waals surface area contributed by atoms with Crippen molar-refractivity contribution >= 4 is 11.0 Å². The van der Waals surface area contributed by atoms with E-state index in [1.807, 2.05) is 20.8 Å². The van der Waals surface area contributed by atoms with Crippen LogP contribution in [0.1, 0.15) is 32.0 Å². The SMILES string of the molecule is CC(C)(C)c1nc2cc(-c3cccc(C(F)(F)F)c3)ccc2n(CCO)c1=O. The molecule has 0 aliphatic rings. The number of nitrogens with zero attached hydrogens (tertiary/aromatic N) is 2. The van der Waals surface area contributed by atoms with E-state index < -0.39 is 17.2 Å². The fourth-order valence-electron chi connectivity index (χ4n) is 3.11. The normalized spacial score (nSPS) is 12.5. The topological polar surface area (TPSA) is 55.1 Å². The maximum Gasteiger partial charge on any atom is 0.416 e. The van der Waals surface area contributed by atoms with Crippen LogP contribution in [-0.4, -0.2) is 21.3 Å². The summed E-state index contributed by atoms with van der Waals surface area (Å²) in [6.07, 6.45) is -4.42. The molecule has 0 saturated carbocycles. The maximum atomic E-state index is 13.0. The number of aliphatic hydroxyl groups is 1. The van der Waals surface area contributed by atoms with Crippen LogP contribution >= 0.6 is 0 Å². The second kappa shape index (κ2) is 7.05. The van der Waals surface area contributed by atoms with Crippen molar-refractivity contribution in [3.63, 3.8) is 0 Å². The lowest BCUT2D eigenvalue weighted by Gasteiger charge is -2.20. The molecule has 0 amide bonds. The van der Waals surface area contributed by atoms with Gasteiger partial charge >= 0.3 is 6.18 Å². The smallest absolute Gasteiger partial charge is 0.395 e. The number of hydrogen-bond donors (Lipinski definition) is 1. The van der Waals surface area contributed by atoms with Crippen molar-refractivity contribution in [2.45, 2.75) is 38.9 Å². The first-order chi connectivity index (χ1) is 13.0. The number of rotatable bonds is 3. The van der Waals surface area contributed by atoms with Gasteiger partial charge in [0.2, 0.25) is 0 Å². The zero-order valence-corrected chi connectivity index (χ0v) is 15.8. The van der Waals surface area contributed by atoms with Crippen molar-refractivity contribution in [3.05, 3.63) is 64.1 Å². The van der Waals surface area contributed by atoms with Crippen molar-refractivity contribution in [1.29, 1.82) is 0 Å². The van der Waals surface area contributed by atoms with Gasteiger partial charge in [-0.15, -0.1) is 0 Å². The maximum absolute atomic E-state index is 13.0. The first-order valence-electron chi connectivity index (χ1n) is 8.86. The molecule has 0 radical (unpaired) electrons. The molecule has 2 aromatic carbocycles. The van der Waals surface area contributed by atoms with Gasteiger partial charge < -0.3 is 9.67 Å². The number of hydrogen-bond acceptors (Lipinski definition) is 3. The summed E-state index contributed by atoms with van der Waals surface area (Å²) in [5.74, 6) is 0. The van der Waals surface area contributed by atoms with E-state index in [-0.39, 0.29) is 18.7 Å². The van der Waals surface area contributed by atoms with Gasteiger partial charge in [0.25, 0.3) is 5.56 Å². The summed E-state index contributed by atoms with van der Waals surface area (Å²) in [6.45, 7) is 5.50. The van der Waals surface area contributed by atoms with Gasteiger partial charge in [-0.1, -0.05) is 39.0 Å². The minimum Gasteiger partial charge on any atom is -0.395 e. The van der Waals surface area contributed by atoms with Gasteiger partial charge in [-0.05, 0) is 35.4 Å². The molecule has 3 rings (SSSR count). The highest BCUT2D eigenvalue weighted by molar-refractivity contribution is 5.82. The molecule has 4 nitrogen and oxygen atoms in total. The lowest BCUT2D eigenvalue weighted by atomic mass is 9.92. The van der Waals surface area contributed by atoms with Crippen molar-refractivity contribution in [2.24, 2.45) is 0 Å². The Morgan fingerprint density at radius 2 is 1.71 bits per heavy atom. The molecule has 1 heterocycles. The van der Waals surface area contributed by atoms with E-state index in [1.54, 1.807) is 24.3 Å². The molecule has 0 spiro atoms. The van der Waals surface area contributed by atoms with Crippen LogP contribution in [0.15, 0.2) is 47.3 Å². The molecule has 0 atom stereocenters. The summed E-state index contributed by atoms with van der Waals surface area (Å²) in [7, 11) is 0. The summed E-state index contributed by atoms with van der Waals surface area (Å²) in [6, 6.07) is 10.1. The average molecular weight is 390 g/mol. The quantitative estimate of drug-likeness (QED) is 0.722. The highest BCUT2D eigenvalue weighted by Crippen LogP contribution is 2.33. The fraction of sp³-hybridized carbons (Fsp3) is 0.333. The van der Waals surface area contributed by atoms with E-state index in [0.717, 1.165) is 12.1 Å². The summed E-state index contributed by atoms with van der Waals surface area (Å²) < 4.78 is 40.5. The molecule has 0 unspecified atom stereocenters. The van der Waals surface area contributed by atoms with Gasteiger partial charge in [0.05, 0.1) is 23.2 Å². The van der Waals surface area contributed by atoms with Gasteiger partial charge in [0.15, 0.2) is 0 Å². The Hall–Kier alpha value is -2.67. The lowest BCUT2D eigenvalue weighted by molar-refractivity contribution is -0.137. The molecular formula is C21H21F3N2O2. The number of aromatic nitrogens is 2. The van der Waals surface area contributed by atoms with Gasteiger partial charge in [0, 0.05) is 12.0 Å². The number of fused-ring (bicyclic) bond motifs is 1. The zero-order chi connectivity index (χ0) is 20.7. The van der Waals surface area contributed by atoms with Gasteiger partial charge in [0.1, 0.15) is 5.69 Å². The molecule has 148 valence electrons. The second-order valence-corrected chi connectivity index (χ2v) is 7.67. The molecule has 0 aliphatic heterocycles. The van der Waals surface area contributed by atoms with E-state index in [0.29, 0.717) is 27.9 Å². The van der Waals surface area contributed by atoms with Gasteiger partial charge in [-0.3, -0.25) is 4.79 Å². The molecule has 3 aromatic rings. The molecule has 28 heavy (non-hydrogen) atoms. The molecule has 0 saturated heterocycles. The van der Waals surface area contributed by atoms with Gasteiger partial charge in [-0.2, -0.15) is 13.2 Å². The van der Waals surface area contributed by atoms with Crippen LogP contribution in [-0.2, 0) is 18.1 Å². The Kier molecular flexibility index (Phi) is 5.06. The predicted molar refractivity (Wildman–Crippen MR) is 102 cm³/mol. The first-order valence-corrected chi connectivity index (χ1v) is 8.86. The van der Waals surface area contributed by atoms with E-state index in [2.05, 4.69) is 4.98 Å². The Labute approximate surface area is 160 Å². The minimum atomic E-state index is -4.42. The highest BCUT2D eigenvalue weighted by Gasteiger charge is 2.30. The van der Waals surface area contributed by atoms with Crippen molar-refractivity contribution in [2.75, 3.05) is 6.61 Å². The third-order valence-electron chi connectivity index (χ3n) is 4.50. The summed E-state index contributed by atoms with van der Waals surface area (Å²) in [5.41, 5.74) is 0.829. The van der Waals surface area contributed by atoms with Gasteiger partial charge in [-0.25, -0.2) is 4.98 Å². The Bertz CT molecular complexity index is 1080. The average Bonchev–Trinajstić information content (AvgIpc) is 2.62. The number of halogens is 3. The Balaban J connectivity index is 2.24. The first kappa shape index (κ1) is 20.1. The van der Waals surface area contributed by atoms with Crippen LogP contribution in [0.2, 0.25) is 0 Å². The third-order valence-corrected chi connectivity index (χ3v) is 4.50. The standard InChI is InChI=1S/C21H21F3N2O2/c1-20(2,3)18-19(28)26(9-10-27)17-8-7-14(12-16(17)25-18)13-5-4-6-15(11-13)21(22,23)24/h4-8,11-12,27H,9-10H2,1-3H3. The summed E-state index contributed by atoms with van der Waals surface area (Å²) in [5, 5.41) is 9.35. The molecule has 0 bridgehead atoms. The molecular weight excluding hydrogens is 369 g/mol. The van der Waals surface area contributed by atoms with Crippen LogP contribution in [0.4, 0.5) is 13.2 Å². The molecule has 0 aliphatic carbocycles. The number of aliphatic hydroxyl groups excluding tert-OH is 1. The van der Waals surface area contributed by atoms with Crippen molar-refractivity contribution < 1.29 is 18.3 Å². The Morgan fingerprint density at radius 1 is 1.04 bits per heavy atom. The van der Waals surface area contributed by atoms with Crippen LogP contribution in [0.5, 0.6) is 0 Å². The van der Waals surface area contributed by atoms with E-state index in [4.69, 9.17) is 0 Å². The van der Waals surface area contributed by atoms with Crippen LogP contribution in [0.25, 0.3) is 22.2 Å². The van der Waals surface area contributed by atoms with E-state index >= 15 is 0 Å². The largest absolute Gasteiger partial charge is 0.416 e. The highest BCUT2D eigenvalue weighted by atomic mass is 19.4. The van der Waals surface area contributed by atoms with Crippen LogP contribution in [0.3, 0.4) is 0 Å². The minimum absolute atomic E-state index is 0.115.